The van der Waals surface area contributed by atoms with Gasteiger partial charge in [0.25, 0.3) is 0 Å². The molecule has 0 amide bonds. The topological polar surface area (TPSA) is 253 Å². The zero-order chi connectivity index (χ0) is 58.8. The van der Waals surface area contributed by atoms with Gasteiger partial charge in [-0.3, -0.25) is 23.7 Å². The number of aliphatic hydroxyl groups excluding tert-OH is 1. The normalized spacial score (nSPS) is 13.0. The molecule has 0 spiro atoms. The fourth-order valence-corrected chi connectivity index (χ4v) is 12.0. The summed E-state index contributed by atoms with van der Waals surface area (Å²) < 4.78 is 24.2. The summed E-state index contributed by atoms with van der Waals surface area (Å²) in [6, 6.07) is 21.4. The van der Waals surface area contributed by atoms with Gasteiger partial charge >= 0.3 is 0 Å². The van der Waals surface area contributed by atoms with Crippen molar-refractivity contribution < 1.29 is 9.84 Å². The van der Waals surface area contributed by atoms with E-state index in [1.807, 2.05) is 72.6 Å². The Labute approximate surface area is 500 Å². The van der Waals surface area contributed by atoms with Crippen molar-refractivity contribution in [3.8, 4) is 33.8 Å². The molecule has 1 fully saturated rings. The molecule has 0 atom stereocenters. The van der Waals surface area contributed by atoms with Crippen LogP contribution in [0.25, 0.3) is 88.8 Å². The molecule has 0 aliphatic heterocycles. The summed E-state index contributed by atoms with van der Waals surface area (Å²) in [5, 5.41) is 43.5. The lowest BCUT2D eigenvalue weighted by atomic mass is 9.96. The Bertz CT molecular complexity index is 4810. The molecule has 438 valence electrons. The minimum Gasteiger partial charge on any atom is -0.394 e. The summed E-state index contributed by atoms with van der Waals surface area (Å²) in [5.41, 5.74) is 16.0. The Balaban J connectivity index is 0.000000115. The Hall–Kier alpha value is -10.2. The maximum Gasteiger partial charge on any atom is 0.221 e. The molecular weight excluding hydrogens is 1120 g/mol. The van der Waals surface area contributed by atoms with Crippen LogP contribution in [0.4, 0.5) is 0 Å². The van der Waals surface area contributed by atoms with Gasteiger partial charge in [0, 0.05) is 108 Å². The first-order valence-corrected chi connectivity index (χ1v) is 29.9. The SMILES string of the molecule is CCOCc1ccc2ccc(Cn3ccc4ncc(-c5cnn(C)c5)nc43)cn12.CCn1cc2sc(Cn3nnc4ncc(-c5cnn(CCO)c5)nc43)cc2n1.c1cc2ccc(Cn3nnc4ncc(-c5cnn(C6CCCCC6)c5)nc43)cn2c1. The number of aliphatic hydroxyl groups is 1. The Morgan fingerprint density at radius 1 is 0.621 bits per heavy atom. The van der Waals surface area contributed by atoms with Crippen molar-refractivity contribution in [1.29, 1.82) is 0 Å². The minimum absolute atomic E-state index is 0.0348. The molecule has 0 aromatic carbocycles. The molecule has 25 nitrogen and oxygen atoms in total. The summed E-state index contributed by atoms with van der Waals surface area (Å²) >= 11 is 1.69. The molecule has 1 aliphatic rings. The Morgan fingerprint density at radius 3 is 2.07 bits per heavy atom. The molecule has 15 heterocycles. The van der Waals surface area contributed by atoms with Crippen LogP contribution in [0.2, 0.25) is 0 Å². The van der Waals surface area contributed by atoms with Gasteiger partial charge in [-0.25, -0.2) is 34.3 Å². The van der Waals surface area contributed by atoms with E-state index in [9.17, 15) is 0 Å². The lowest BCUT2D eigenvalue weighted by Gasteiger charge is -2.21. The van der Waals surface area contributed by atoms with Gasteiger partial charge in [-0.05, 0) is 86.3 Å². The van der Waals surface area contributed by atoms with Crippen LogP contribution in [0.1, 0.15) is 73.7 Å². The molecule has 0 saturated heterocycles. The van der Waals surface area contributed by atoms with Gasteiger partial charge in [0.15, 0.2) is 16.9 Å². The summed E-state index contributed by atoms with van der Waals surface area (Å²) in [6.45, 7) is 8.61. The quantitative estimate of drug-likeness (QED) is 0.0946. The van der Waals surface area contributed by atoms with E-state index in [0.717, 1.165) is 78.7 Å². The molecule has 1 N–H and O–H groups in total. The molecule has 15 aromatic rings. The number of thiophene rings is 1. The number of rotatable bonds is 16. The van der Waals surface area contributed by atoms with Gasteiger partial charge < -0.3 is 23.2 Å². The predicted octanol–water partition coefficient (Wildman–Crippen LogP) is 9.12. The largest absolute Gasteiger partial charge is 0.394 e. The highest BCUT2D eigenvalue weighted by Crippen LogP contribution is 2.30. The number of fused-ring (bicyclic) bond motifs is 6. The molecule has 1 saturated carbocycles. The minimum atomic E-state index is 0.0348. The molecule has 0 bridgehead atoms. The highest BCUT2D eigenvalue weighted by molar-refractivity contribution is 7.19. The van der Waals surface area contributed by atoms with Crippen molar-refractivity contribution >= 4 is 66.3 Å². The van der Waals surface area contributed by atoms with Gasteiger partial charge in [0.2, 0.25) is 11.3 Å². The van der Waals surface area contributed by atoms with Crippen LogP contribution in [0.15, 0.2) is 147 Å². The summed E-state index contributed by atoms with van der Waals surface area (Å²) in [5.74, 6) is 0. The number of pyridine rings is 2. The lowest BCUT2D eigenvalue weighted by molar-refractivity contribution is 0.131. The highest BCUT2D eigenvalue weighted by atomic mass is 32.1. The first-order chi connectivity index (χ1) is 42.8. The van der Waals surface area contributed by atoms with E-state index in [1.165, 1.54) is 48.7 Å². The van der Waals surface area contributed by atoms with Gasteiger partial charge in [0.1, 0.15) is 11.0 Å². The molecule has 0 radical (unpaired) electrons. The predicted molar refractivity (Wildman–Crippen MR) is 328 cm³/mol. The maximum atomic E-state index is 9.04. The van der Waals surface area contributed by atoms with Crippen molar-refractivity contribution in [3.05, 3.63) is 169 Å². The van der Waals surface area contributed by atoms with Crippen LogP contribution < -0.4 is 0 Å². The van der Waals surface area contributed by atoms with E-state index in [0.29, 0.717) is 67.2 Å². The highest BCUT2D eigenvalue weighted by Gasteiger charge is 2.19. The van der Waals surface area contributed by atoms with E-state index >= 15 is 0 Å². The average Bonchev–Trinajstić information content (AvgIpc) is 4.10. The molecule has 15 aromatic heterocycles. The smallest absolute Gasteiger partial charge is 0.221 e. The number of aromatic nitrogens is 23. The van der Waals surface area contributed by atoms with Gasteiger partial charge in [-0.15, -0.1) is 21.5 Å². The number of ether oxygens (including phenoxy) is 1. The van der Waals surface area contributed by atoms with Crippen molar-refractivity contribution in [2.75, 3.05) is 13.2 Å². The standard InChI is InChI=1S/C22H22N8.C22H22N6O.C17H17N9OS/c1-2-5-19(6-3-1)29-15-17(11-24-29)20-12-23-21-22(25-20)30(27-26-21)14-16-8-9-18-7-4-10-28(18)13-16;1-3-29-15-19-7-6-18-5-4-16(13-28(18)19)12-27-9-8-20-22(27)25-21(11-23-20)17-10-24-26(2)14-17;1-2-24-10-15-13(22-24)5-12(28-15)9-26-17-16(21-23-26)18-7-14(20-17)11-6-19-25(8-11)3-4-27/h4,7-13,15,19H,1-3,5-6,14H2;4-11,13-14H,3,12,15H2,1-2H3;5-8,10,27H,2-4,9H2,1H3. The summed E-state index contributed by atoms with van der Waals surface area (Å²) in [7, 11) is 1.90. The Kier molecular flexibility index (Phi) is 15.1. The fraction of sp³-hybridized carbons (Fsp3) is 0.279. The van der Waals surface area contributed by atoms with Crippen molar-refractivity contribution in [2.45, 2.75) is 91.3 Å². The third-order valence-electron chi connectivity index (χ3n) is 15.5. The van der Waals surface area contributed by atoms with E-state index in [-0.39, 0.29) is 6.61 Å². The summed E-state index contributed by atoms with van der Waals surface area (Å²) in [6.07, 6.45) is 33.2. The van der Waals surface area contributed by atoms with Gasteiger partial charge in [-0.2, -0.15) is 20.4 Å². The molecule has 26 heteroatoms. The number of aryl methyl sites for hydroxylation is 2. The van der Waals surface area contributed by atoms with Crippen molar-refractivity contribution in [1.82, 2.24) is 112 Å². The van der Waals surface area contributed by atoms with Crippen LogP contribution in [-0.4, -0.2) is 131 Å². The monoisotopic (exact) mass is 1180 g/mol. The van der Waals surface area contributed by atoms with E-state index in [2.05, 4.69) is 159 Å². The molecular formula is C61H61N23O2S. The van der Waals surface area contributed by atoms with E-state index < -0.39 is 0 Å². The first kappa shape index (κ1) is 54.7. The average molecular weight is 1180 g/mol. The second-order valence-corrected chi connectivity index (χ2v) is 22.6. The van der Waals surface area contributed by atoms with Gasteiger partial charge in [-0.1, -0.05) is 41.8 Å². The molecule has 87 heavy (non-hydrogen) atoms. The van der Waals surface area contributed by atoms with Gasteiger partial charge in [0.05, 0.1) is 104 Å². The van der Waals surface area contributed by atoms with Crippen molar-refractivity contribution in [3.63, 3.8) is 0 Å². The maximum absolute atomic E-state index is 9.04. The molecule has 1 aliphatic carbocycles. The lowest BCUT2D eigenvalue weighted by Crippen LogP contribution is -2.12. The number of hydrogen-bond donors (Lipinski definition) is 1. The molecule has 16 rings (SSSR count). The fourth-order valence-electron chi connectivity index (χ4n) is 11.0. The second-order valence-electron chi connectivity index (χ2n) is 21.4. The van der Waals surface area contributed by atoms with Crippen LogP contribution in [0, 0.1) is 0 Å². The number of hydrogen-bond acceptors (Lipinski definition) is 17. The van der Waals surface area contributed by atoms with E-state index in [1.54, 1.807) is 50.2 Å². The van der Waals surface area contributed by atoms with Crippen LogP contribution in [-0.2, 0) is 51.1 Å². The summed E-state index contributed by atoms with van der Waals surface area (Å²) in [4.78, 5) is 28.9. The zero-order valence-electron chi connectivity index (χ0n) is 48.2. The van der Waals surface area contributed by atoms with Crippen LogP contribution in [0.5, 0.6) is 0 Å². The third kappa shape index (κ3) is 11.6. The first-order valence-electron chi connectivity index (χ1n) is 29.1. The zero-order valence-corrected chi connectivity index (χ0v) is 49.0. The second kappa shape index (κ2) is 24.1. The van der Waals surface area contributed by atoms with Crippen LogP contribution >= 0.6 is 11.3 Å². The van der Waals surface area contributed by atoms with Crippen molar-refractivity contribution in [2.24, 2.45) is 7.05 Å². The van der Waals surface area contributed by atoms with E-state index in [4.69, 9.17) is 19.8 Å². The third-order valence-corrected chi connectivity index (χ3v) is 16.5. The molecule has 0 unspecified atom stereocenters. The van der Waals surface area contributed by atoms with Crippen LogP contribution in [0.3, 0.4) is 0 Å². The number of nitrogens with zero attached hydrogens (tertiary/aromatic N) is 23. The Morgan fingerprint density at radius 2 is 1.32 bits per heavy atom.